The van der Waals surface area contributed by atoms with Crippen molar-refractivity contribution in [1.29, 1.82) is 0 Å². The van der Waals surface area contributed by atoms with Gasteiger partial charge in [0.25, 0.3) is 0 Å². The first-order valence-corrected chi connectivity index (χ1v) is 5.46. The SMILES string of the molecule is N[C@H]1C[C@H]1c1ccc(-c2ccc(F)cc2F)o1. The zero-order valence-electron chi connectivity index (χ0n) is 8.99. The van der Waals surface area contributed by atoms with Crippen molar-refractivity contribution in [2.45, 2.75) is 18.4 Å². The fraction of sp³-hybridized carbons (Fsp3) is 0.231. The second-order valence-electron chi connectivity index (χ2n) is 4.33. The molecule has 1 aliphatic rings. The van der Waals surface area contributed by atoms with Gasteiger partial charge in [-0.3, -0.25) is 0 Å². The predicted molar refractivity (Wildman–Crippen MR) is 59.4 cm³/mol. The van der Waals surface area contributed by atoms with Gasteiger partial charge in [-0.2, -0.15) is 0 Å². The minimum Gasteiger partial charge on any atom is -0.461 e. The van der Waals surface area contributed by atoms with Gasteiger partial charge in [-0.15, -0.1) is 0 Å². The van der Waals surface area contributed by atoms with Crippen molar-refractivity contribution < 1.29 is 13.2 Å². The van der Waals surface area contributed by atoms with E-state index in [1.807, 2.05) is 0 Å². The molecule has 3 rings (SSSR count). The summed E-state index contributed by atoms with van der Waals surface area (Å²) in [4.78, 5) is 0. The van der Waals surface area contributed by atoms with Gasteiger partial charge in [0, 0.05) is 18.0 Å². The van der Waals surface area contributed by atoms with Crippen LogP contribution in [0.1, 0.15) is 18.1 Å². The molecule has 1 fully saturated rings. The molecule has 0 unspecified atom stereocenters. The van der Waals surface area contributed by atoms with Crippen LogP contribution in [0.2, 0.25) is 0 Å². The van der Waals surface area contributed by atoms with Gasteiger partial charge in [0.2, 0.25) is 0 Å². The molecule has 0 saturated heterocycles. The van der Waals surface area contributed by atoms with Crippen LogP contribution < -0.4 is 5.73 Å². The summed E-state index contributed by atoms with van der Waals surface area (Å²) in [5.74, 6) is 0.216. The molecule has 2 nitrogen and oxygen atoms in total. The first-order chi connectivity index (χ1) is 8.15. The molecule has 1 saturated carbocycles. The van der Waals surface area contributed by atoms with Crippen LogP contribution in [-0.2, 0) is 0 Å². The summed E-state index contributed by atoms with van der Waals surface area (Å²) >= 11 is 0. The van der Waals surface area contributed by atoms with Crippen molar-refractivity contribution >= 4 is 0 Å². The average molecular weight is 235 g/mol. The molecule has 1 aromatic heterocycles. The highest BCUT2D eigenvalue weighted by molar-refractivity contribution is 5.58. The second kappa shape index (κ2) is 3.67. The zero-order valence-corrected chi connectivity index (χ0v) is 8.99. The lowest BCUT2D eigenvalue weighted by molar-refractivity contribution is 0.515. The van der Waals surface area contributed by atoms with Crippen molar-refractivity contribution in [1.82, 2.24) is 0 Å². The van der Waals surface area contributed by atoms with Crippen molar-refractivity contribution in [3.8, 4) is 11.3 Å². The highest BCUT2D eigenvalue weighted by Gasteiger charge is 2.37. The molecule has 1 heterocycles. The Hall–Kier alpha value is -1.68. The van der Waals surface area contributed by atoms with E-state index in [2.05, 4.69) is 0 Å². The van der Waals surface area contributed by atoms with Crippen molar-refractivity contribution in [2.75, 3.05) is 0 Å². The summed E-state index contributed by atoms with van der Waals surface area (Å²) in [7, 11) is 0. The highest BCUT2D eigenvalue weighted by Crippen LogP contribution is 2.41. The van der Waals surface area contributed by atoms with E-state index in [9.17, 15) is 8.78 Å². The highest BCUT2D eigenvalue weighted by atomic mass is 19.1. The Bertz CT molecular complexity index is 564. The molecule has 0 bridgehead atoms. The Labute approximate surface area is 97.0 Å². The van der Waals surface area contributed by atoms with E-state index in [0.29, 0.717) is 5.76 Å². The Morgan fingerprint density at radius 2 is 1.94 bits per heavy atom. The summed E-state index contributed by atoms with van der Waals surface area (Å²) < 4.78 is 31.8. The van der Waals surface area contributed by atoms with Crippen LogP contribution in [0.3, 0.4) is 0 Å². The normalized spacial score (nSPS) is 22.8. The molecule has 0 amide bonds. The Morgan fingerprint density at radius 3 is 2.59 bits per heavy atom. The van der Waals surface area contributed by atoms with Gasteiger partial charge >= 0.3 is 0 Å². The molecule has 4 heteroatoms. The molecule has 2 atom stereocenters. The molecule has 88 valence electrons. The van der Waals surface area contributed by atoms with Crippen LogP contribution in [0.5, 0.6) is 0 Å². The molecule has 17 heavy (non-hydrogen) atoms. The van der Waals surface area contributed by atoms with Gasteiger partial charge in [0.05, 0.1) is 5.56 Å². The topological polar surface area (TPSA) is 39.2 Å². The van der Waals surface area contributed by atoms with Gasteiger partial charge in [-0.25, -0.2) is 8.78 Å². The number of benzene rings is 1. The standard InChI is InChI=1S/C13H11F2NO/c14-7-1-2-8(10(15)5-7)12-3-4-13(17-12)9-6-11(9)16/h1-5,9,11H,6,16H2/t9-,11+/m1/s1. The first kappa shape index (κ1) is 10.5. The minimum atomic E-state index is -0.619. The van der Waals surface area contributed by atoms with E-state index in [-0.39, 0.29) is 17.5 Å². The number of halogens is 2. The Morgan fingerprint density at radius 1 is 1.18 bits per heavy atom. The summed E-state index contributed by atoms with van der Waals surface area (Å²) in [6.45, 7) is 0. The molecular formula is C13H11F2NO. The van der Waals surface area contributed by atoms with Crippen LogP contribution in [0, 0.1) is 11.6 Å². The number of nitrogens with two attached hydrogens (primary N) is 1. The van der Waals surface area contributed by atoms with Gasteiger partial charge < -0.3 is 10.2 Å². The maximum atomic E-state index is 13.5. The van der Waals surface area contributed by atoms with E-state index in [4.69, 9.17) is 10.2 Å². The molecular weight excluding hydrogens is 224 g/mol. The third-order valence-electron chi connectivity index (χ3n) is 3.03. The predicted octanol–water partition coefficient (Wildman–Crippen LogP) is 3.04. The molecule has 2 N–H and O–H groups in total. The molecule has 0 radical (unpaired) electrons. The number of furan rings is 1. The monoisotopic (exact) mass is 235 g/mol. The molecule has 0 aliphatic heterocycles. The maximum Gasteiger partial charge on any atom is 0.137 e. The lowest BCUT2D eigenvalue weighted by Crippen LogP contribution is -2.00. The average Bonchev–Trinajstić information content (AvgIpc) is 2.83. The summed E-state index contributed by atoms with van der Waals surface area (Å²) in [6, 6.07) is 7.07. The van der Waals surface area contributed by atoms with Gasteiger partial charge in [0.15, 0.2) is 0 Å². The van der Waals surface area contributed by atoms with Crippen molar-refractivity contribution in [3.05, 3.63) is 47.7 Å². The fourth-order valence-corrected chi connectivity index (χ4v) is 1.93. The summed E-state index contributed by atoms with van der Waals surface area (Å²) in [6.07, 6.45) is 0.902. The van der Waals surface area contributed by atoms with Crippen LogP contribution in [0.4, 0.5) is 8.78 Å². The largest absolute Gasteiger partial charge is 0.461 e. The zero-order chi connectivity index (χ0) is 12.0. The van der Waals surface area contributed by atoms with Crippen LogP contribution in [-0.4, -0.2) is 6.04 Å². The Balaban J connectivity index is 1.95. The lowest BCUT2D eigenvalue weighted by Gasteiger charge is -1.99. The van der Waals surface area contributed by atoms with Crippen LogP contribution in [0.25, 0.3) is 11.3 Å². The van der Waals surface area contributed by atoms with Gasteiger partial charge in [-0.1, -0.05) is 0 Å². The first-order valence-electron chi connectivity index (χ1n) is 5.46. The number of hydrogen-bond acceptors (Lipinski definition) is 2. The van der Waals surface area contributed by atoms with Crippen molar-refractivity contribution in [3.63, 3.8) is 0 Å². The van der Waals surface area contributed by atoms with Crippen LogP contribution in [0.15, 0.2) is 34.7 Å². The quantitative estimate of drug-likeness (QED) is 0.868. The minimum absolute atomic E-state index is 0.145. The van der Waals surface area contributed by atoms with Gasteiger partial charge in [-0.05, 0) is 30.7 Å². The third-order valence-corrected chi connectivity index (χ3v) is 3.03. The maximum absolute atomic E-state index is 13.5. The molecule has 1 aromatic carbocycles. The van der Waals surface area contributed by atoms with Crippen LogP contribution >= 0.6 is 0 Å². The fourth-order valence-electron chi connectivity index (χ4n) is 1.93. The van der Waals surface area contributed by atoms with E-state index in [1.54, 1.807) is 12.1 Å². The third kappa shape index (κ3) is 1.85. The second-order valence-corrected chi connectivity index (χ2v) is 4.33. The molecule has 1 aliphatic carbocycles. The summed E-state index contributed by atoms with van der Waals surface area (Å²) in [5.41, 5.74) is 5.98. The Kier molecular flexibility index (Phi) is 2.26. The van der Waals surface area contributed by atoms with Gasteiger partial charge in [0.1, 0.15) is 23.2 Å². The lowest BCUT2D eigenvalue weighted by atomic mass is 10.1. The number of hydrogen-bond donors (Lipinski definition) is 1. The van der Waals surface area contributed by atoms with E-state index in [0.717, 1.165) is 18.2 Å². The van der Waals surface area contributed by atoms with E-state index in [1.165, 1.54) is 12.1 Å². The van der Waals surface area contributed by atoms with Crippen molar-refractivity contribution in [2.24, 2.45) is 5.73 Å². The number of rotatable bonds is 2. The van der Waals surface area contributed by atoms with E-state index >= 15 is 0 Å². The smallest absolute Gasteiger partial charge is 0.137 e. The summed E-state index contributed by atoms with van der Waals surface area (Å²) in [5, 5.41) is 0. The molecule has 0 spiro atoms. The van der Waals surface area contributed by atoms with E-state index < -0.39 is 11.6 Å². The molecule has 2 aromatic rings.